The Hall–Kier alpha value is -2.44. The molecule has 4 rings (SSSR count). The number of aliphatic hydroxyl groups is 1. The number of thiazole rings is 1. The highest BCUT2D eigenvalue weighted by atomic mass is 32.1. The number of hydrogen-bond acceptors (Lipinski definition) is 4. The third-order valence-electron chi connectivity index (χ3n) is 5.14. The average Bonchev–Trinajstić information content (AvgIpc) is 3.15. The van der Waals surface area contributed by atoms with Gasteiger partial charge in [-0.15, -0.1) is 11.3 Å². The summed E-state index contributed by atoms with van der Waals surface area (Å²) in [5, 5.41) is 14.5. The van der Waals surface area contributed by atoms with E-state index in [0.29, 0.717) is 19.6 Å². The Morgan fingerprint density at radius 2 is 1.85 bits per heavy atom. The Morgan fingerprint density at radius 1 is 1.15 bits per heavy atom. The molecule has 1 aliphatic rings. The molecule has 5 nitrogen and oxygen atoms in total. The number of rotatable bonds is 4. The van der Waals surface area contributed by atoms with Crippen LogP contribution in [0.4, 0.5) is 4.79 Å². The Labute approximate surface area is 162 Å². The van der Waals surface area contributed by atoms with Gasteiger partial charge in [0.05, 0.1) is 22.9 Å². The first-order valence-corrected chi connectivity index (χ1v) is 10.1. The van der Waals surface area contributed by atoms with Gasteiger partial charge in [-0.2, -0.15) is 0 Å². The molecule has 1 unspecified atom stereocenters. The number of hydrogen-bond donors (Lipinski definition) is 2. The number of nitrogens with one attached hydrogen (secondary N) is 1. The molecule has 0 radical (unpaired) electrons. The largest absolute Gasteiger partial charge is 0.388 e. The number of benzene rings is 2. The first-order chi connectivity index (χ1) is 13.2. The van der Waals surface area contributed by atoms with Gasteiger partial charge >= 0.3 is 6.03 Å². The SMILES string of the molecule is O=C(NCc1nc2ccccc2s1)N1CCC(C(O)c2ccccc2)CC1. The standard InChI is InChI=1S/C21H23N3O2S/c25-20(15-6-2-1-3-7-15)16-10-12-24(13-11-16)21(26)22-14-19-23-17-8-4-5-9-18(17)27-19/h1-9,16,20,25H,10-14H2,(H,22,26). The summed E-state index contributed by atoms with van der Waals surface area (Å²) in [5.41, 5.74) is 1.93. The lowest BCUT2D eigenvalue weighted by Gasteiger charge is -2.34. The average molecular weight is 382 g/mol. The molecule has 140 valence electrons. The van der Waals surface area contributed by atoms with Gasteiger partial charge in [0.2, 0.25) is 0 Å². The quantitative estimate of drug-likeness (QED) is 0.719. The summed E-state index contributed by atoms with van der Waals surface area (Å²) in [6.45, 7) is 1.78. The van der Waals surface area contributed by atoms with Crippen LogP contribution in [-0.4, -0.2) is 34.1 Å². The molecular formula is C21H23N3O2S. The van der Waals surface area contributed by atoms with Gasteiger partial charge in [0.25, 0.3) is 0 Å². The number of aliphatic hydroxyl groups excluding tert-OH is 1. The fourth-order valence-corrected chi connectivity index (χ4v) is 4.51. The zero-order valence-corrected chi connectivity index (χ0v) is 15.9. The van der Waals surface area contributed by atoms with Crippen LogP contribution in [0, 0.1) is 5.92 Å². The second-order valence-electron chi connectivity index (χ2n) is 6.91. The normalized spacial score (nSPS) is 16.4. The van der Waals surface area contributed by atoms with E-state index in [9.17, 15) is 9.90 Å². The van der Waals surface area contributed by atoms with Crippen molar-refractivity contribution in [2.45, 2.75) is 25.5 Å². The maximum absolute atomic E-state index is 12.5. The summed E-state index contributed by atoms with van der Waals surface area (Å²) in [6, 6.07) is 17.7. The zero-order valence-electron chi connectivity index (χ0n) is 15.0. The van der Waals surface area contributed by atoms with Crippen molar-refractivity contribution >= 4 is 27.6 Å². The van der Waals surface area contributed by atoms with E-state index in [0.717, 1.165) is 33.6 Å². The van der Waals surface area contributed by atoms with Crippen LogP contribution in [0.3, 0.4) is 0 Å². The minimum absolute atomic E-state index is 0.0538. The van der Waals surface area contributed by atoms with Crippen LogP contribution in [0.2, 0.25) is 0 Å². The van der Waals surface area contributed by atoms with E-state index in [1.165, 1.54) is 0 Å². The second kappa shape index (κ2) is 8.06. The Morgan fingerprint density at radius 3 is 2.59 bits per heavy atom. The van der Waals surface area contributed by atoms with Crippen LogP contribution in [0.5, 0.6) is 0 Å². The summed E-state index contributed by atoms with van der Waals surface area (Å²) in [6.07, 6.45) is 1.16. The lowest BCUT2D eigenvalue weighted by molar-refractivity contribution is 0.0665. The molecular weight excluding hydrogens is 358 g/mol. The van der Waals surface area contributed by atoms with Gasteiger partial charge in [-0.05, 0) is 36.5 Å². The van der Waals surface area contributed by atoms with E-state index in [-0.39, 0.29) is 11.9 Å². The fraction of sp³-hybridized carbons (Fsp3) is 0.333. The third-order valence-corrected chi connectivity index (χ3v) is 6.18. The molecule has 0 aliphatic carbocycles. The number of aromatic nitrogens is 1. The molecule has 0 bridgehead atoms. The molecule has 2 amide bonds. The van der Waals surface area contributed by atoms with Gasteiger partial charge in [0, 0.05) is 13.1 Å². The molecule has 3 aromatic rings. The number of likely N-dealkylation sites (tertiary alicyclic amines) is 1. The number of fused-ring (bicyclic) bond motifs is 1. The number of piperidine rings is 1. The third kappa shape index (κ3) is 4.12. The minimum atomic E-state index is -0.459. The van der Waals surface area contributed by atoms with Crippen molar-refractivity contribution < 1.29 is 9.90 Å². The molecule has 27 heavy (non-hydrogen) atoms. The van der Waals surface area contributed by atoms with Crippen molar-refractivity contribution in [2.75, 3.05) is 13.1 Å². The highest BCUT2D eigenvalue weighted by Crippen LogP contribution is 2.30. The molecule has 0 saturated carbocycles. The lowest BCUT2D eigenvalue weighted by Crippen LogP contribution is -2.44. The predicted molar refractivity (Wildman–Crippen MR) is 108 cm³/mol. The van der Waals surface area contributed by atoms with E-state index in [1.807, 2.05) is 59.5 Å². The maximum Gasteiger partial charge on any atom is 0.317 e. The number of amides is 2. The minimum Gasteiger partial charge on any atom is -0.388 e. The number of para-hydroxylation sites is 1. The van der Waals surface area contributed by atoms with Crippen molar-refractivity contribution in [1.82, 2.24) is 15.2 Å². The van der Waals surface area contributed by atoms with Gasteiger partial charge < -0.3 is 15.3 Å². The monoisotopic (exact) mass is 381 g/mol. The summed E-state index contributed by atoms with van der Waals surface area (Å²) in [5.74, 6) is 0.195. The Bertz CT molecular complexity index is 871. The van der Waals surface area contributed by atoms with Crippen molar-refractivity contribution in [2.24, 2.45) is 5.92 Å². The molecule has 1 fully saturated rings. The number of urea groups is 1. The highest BCUT2D eigenvalue weighted by Gasteiger charge is 2.28. The van der Waals surface area contributed by atoms with Crippen LogP contribution >= 0.6 is 11.3 Å². The Balaban J connectivity index is 1.28. The van der Waals surface area contributed by atoms with Gasteiger partial charge in [0.15, 0.2) is 0 Å². The van der Waals surface area contributed by atoms with Crippen LogP contribution in [0.15, 0.2) is 54.6 Å². The summed E-state index contributed by atoms with van der Waals surface area (Å²) in [7, 11) is 0. The molecule has 2 aromatic carbocycles. The van der Waals surface area contributed by atoms with Gasteiger partial charge in [-0.25, -0.2) is 9.78 Å². The van der Waals surface area contributed by atoms with Gasteiger partial charge in [-0.1, -0.05) is 42.5 Å². The molecule has 1 atom stereocenters. The molecule has 1 aliphatic heterocycles. The van der Waals surface area contributed by atoms with Gasteiger partial charge in [0.1, 0.15) is 5.01 Å². The van der Waals surface area contributed by atoms with E-state index in [4.69, 9.17) is 0 Å². The molecule has 2 N–H and O–H groups in total. The van der Waals surface area contributed by atoms with E-state index >= 15 is 0 Å². The van der Waals surface area contributed by atoms with E-state index in [1.54, 1.807) is 11.3 Å². The van der Waals surface area contributed by atoms with Crippen molar-refractivity contribution in [3.8, 4) is 0 Å². The van der Waals surface area contributed by atoms with Crippen LogP contribution in [-0.2, 0) is 6.54 Å². The molecule has 2 heterocycles. The Kier molecular flexibility index (Phi) is 5.36. The van der Waals surface area contributed by atoms with Gasteiger partial charge in [-0.3, -0.25) is 0 Å². The van der Waals surface area contributed by atoms with E-state index < -0.39 is 6.10 Å². The van der Waals surface area contributed by atoms with Crippen LogP contribution in [0.1, 0.15) is 29.5 Å². The van der Waals surface area contributed by atoms with Crippen molar-refractivity contribution in [1.29, 1.82) is 0 Å². The first-order valence-electron chi connectivity index (χ1n) is 9.31. The molecule has 0 spiro atoms. The first kappa shape index (κ1) is 17.9. The summed E-state index contributed by atoms with van der Waals surface area (Å²) < 4.78 is 1.14. The molecule has 1 aromatic heterocycles. The molecule has 1 saturated heterocycles. The number of nitrogens with zero attached hydrogens (tertiary/aromatic N) is 2. The zero-order chi connectivity index (χ0) is 18.6. The lowest BCUT2D eigenvalue weighted by atomic mass is 9.87. The summed E-state index contributed by atoms with van der Waals surface area (Å²) in [4.78, 5) is 18.8. The van der Waals surface area contributed by atoms with Crippen molar-refractivity contribution in [3.05, 3.63) is 65.2 Å². The summed E-state index contributed by atoms with van der Waals surface area (Å²) >= 11 is 1.61. The predicted octanol–water partition coefficient (Wildman–Crippen LogP) is 3.95. The van der Waals surface area contributed by atoms with E-state index in [2.05, 4.69) is 10.3 Å². The highest BCUT2D eigenvalue weighted by molar-refractivity contribution is 7.18. The number of carbonyl (C=O) groups is 1. The fourth-order valence-electron chi connectivity index (χ4n) is 3.60. The van der Waals surface area contributed by atoms with Crippen LogP contribution < -0.4 is 5.32 Å². The molecule has 6 heteroatoms. The topological polar surface area (TPSA) is 65.5 Å². The maximum atomic E-state index is 12.5. The second-order valence-corrected chi connectivity index (χ2v) is 8.03. The van der Waals surface area contributed by atoms with Crippen LogP contribution in [0.25, 0.3) is 10.2 Å². The number of carbonyl (C=O) groups excluding carboxylic acids is 1. The van der Waals surface area contributed by atoms with Crippen molar-refractivity contribution in [3.63, 3.8) is 0 Å². The smallest absolute Gasteiger partial charge is 0.317 e.